The lowest BCUT2D eigenvalue weighted by molar-refractivity contribution is -0.123. The largest absolute Gasteiger partial charge is 0.467 e. The van der Waals surface area contributed by atoms with Crippen molar-refractivity contribution in [3.63, 3.8) is 0 Å². The molecule has 2 aliphatic rings. The summed E-state index contributed by atoms with van der Waals surface area (Å²) in [5, 5.41) is 2.97. The number of carbonyl (C=O) groups is 2. The van der Waals surface area contributed by atoms with E-state index in [9.17, 15) is 9.59 Å². The average molecular weight is 348 g/mol. The number of carbonyl (C=O) groups excluding carboxylic acids is 2. The highest BCUT2D eigenvalue weighted by Gasteiger charge is 2.34. The summed E-state index contributed by atoms with van der Waals surface area (Å²) >= 11 is 0. The molecule has 138 valence electrons. The van der Waals surface area contributed by atoms with Crippen LogP contribution in [0.25, 0.3) is 0 Å². The molecule has 2 saturated heterocycles. The third-order valence-electron chi connectivity index (χ3n) is 5.22. The number of likely N-dealkylation sites (tertiary alicyclic amines) is 1. The summed E-state index contributed by atoms with van der Waals surface area (Å²) in [7, 11) is 0. The smallest absolute Gasteiger partial charge is 0.320 e. The van der Waals surface area contributed by atoms with Gasteiger partial charge in [0.15, 0.2) is 0 Å². The standard InChI is InChI=1S/C18H28N4O3/c1-3-21-10-11-22(18(21)24)15-6-8-20(9-7-15)13-17(23)19-14(2)16-5-4-12-25-16/h4-5,12,14-15H,3,6-11,13H2,1-2H3,(H,19,23)/t14-/m0/s1. The minimum atomic E-state index is -0.123. The zero-order valence-corrected chi connectivity index (χ0v) is 15.1. The van der Waals surface area contributed by atoms with Crippen molar-refractivity contribution >= 4 is 11.9 Å². The molecule has 1 aromatic heterocycles. The van der Waals surface area contributed by atoms with Crippen molar-refractivity contribution in [3.8, 4) is 0 Å². The highest BCUT2D eigenvalue weighted by atomic mass is 16.3. The Morgan fingerprint density at radius 1 is 1.32 bits per heavy atom. The van der Waals surface area contributed by atoms with Crippen molar-refractivity contribution in [2.75, 3.05) is 39.3 Å². The number of likely N-dealkylation sites (N-methyl/N-ethyl adjacent to an activating group) is 1. The third kappa shape index (κ3) is 4.15. The van der Waals surface area contributed by atoms with Gasteiger partial charge in [0.25, 0.3) is 0 Å². The van der Waals surface area contributed by atoms with Gasteiger partial charge in [-0.15, -0.1) is 0 Å². The van der Waals surface area contributed by atoms with E-state index in [1.54, 1.807) is 6.26 Å². The van der Waals surface area contributed by atoms with Gasteiger partial charge in [-0.2, -0.15) is 0 Å². The van der Waals surface area contributed by atoms with E-state index in [0.29, 0.717) is 12.6 Å². The van der Waals surface area contributed by atoms with Gasteiger partial charge in [-0.1, -0.05) is 0 Å². The average Bonchev–Trinajstić information content (AvgIpc) is 3.25. The molecule has 3 amide bonds. The molecule has 1 atom stereocenters. The van der Waals surface area contributed by atoms with Crippen LogP contribution < -0.4 is 5.32 Å². The van der Waals surface area contributed by atoms with Gasteiger partial charge in [0.1, 0.15) is 5.76 Å². The van der Waals surface area contributed by atoms with Gasteiger partial charge in [-0.05, 0) is 38.8 Å². The first kappa shape index (κ1) is 17.8. The zero-order valence-electron chi connectivity index (χ0n) is 15.1. The van der Waals surface area contributed by atoms with E-state index in [4.69, 9.17) is 4.42 Å². The Kier molecular flexibility index (Phi) is 5.63. The van der Waals surface area contributed by atoms with Crippen LogP contribution >= 0.6 is 0 Å². The Labute approximate surface area is 148 Å². The summed E-state index contributed by atoms with van der Waals surface area (Å²) in [6.07, 6.45) is 3.48. The van der Waals surface area contributed by atoms with Crippen LogP contribution in [0.2, 0.25) is 0 Å². The lowest BCUT2D eigenvalue weighted by Gasteiger charge is -2.36. The number of hydrogen-bond acceptors (Lipinski definition) is 4. The maximum absolute atomic E-state index is 12.3. The summed E-state index contributed by atoms with van der Waals surface area (Å²) in [6, 6.07) is 4.05. The van der Waals surface area contributed by atoms with Crippen molar-refractivity contribution < 1.29 is 14.0 Å². The second kappa shape index (κ2) is 7.91. The maximum Gasteiger partial charge on any atom is 0.320 e. The molecule has 0 aliphatic carbocycles. The van der Waals surface area contributed by atoms with E-state index in [2.05, 4.69) is 10.2 Å². The molecule has 7 nitrogen and oxygen atoms in total. The van der Waals surface area contributed by atoms with Gasteiger partial charge in [0.05, 0.1) is 18.8 Å². The molecule has 0 bridgehead atoms. The Morgan fingerprint density at radius 2 is 2.08 bits per heavy atom. The molecule has 0 spiro atoms. The molecule has 0 saturated carbocycles. The van der Waals surface area contributed by atoms with Gasteiger partial charge in [0, 0.05) is 38.8 Å². The summed E-state index contributed by atoms with van der Waals surface area (Å²) < 4.78 is 5.32. The van der Waals surface area contributed by atoms with E-state index < -0.39 is 0 Å². The number of piperidine rings is 1. The van der Waals surface area contributed by atoms with E-state index in [0.717, 1.165) is 51.3 Å². The molecule has 0 aromatic carbocycles. The maximum atomic E-state index is 12.3. The van der Waals surface area contributed by atoms with Gasteiger partial charge >= 0.3 is 6.03 Å². The van der Waals surface area contributed by atoms with Crippen LogP contribution in [0.15, 0.2) is 22.8 Å². The molecule has 25 heavy (non-hydrogen) atoms. The van der Waals surface area contributed by atoms with Gasteiger partial charge in [-0.25, -0.2) is 4.79 Å². The fraction of sp³-hybridized carbons (Fsp3) is 0.667. The molecule has 2 aliphatic heterocycles. The van der Waals surface area contributed by atoms with Crippen molar-refractivity contribution in [2.24, 2.45) is 0 Å². The van der Waals surface area contributed by atoms with Crippen LogP contribution in [0, 0.1) is 0 Å². The summed E-state index contributed by atoms with van der Waals surface area (Å²) in [5.74, 6) is 0.775. The normalized spacial score (nSPS) is 21.0. The van der Waals surface area contributed by atoms with Crippen LogP contribution in [-0.4, -0.2) is 71.9 Å². The Hall–Kier alpha value is -2.02. The predicted molar refractivity (Wildman–Crippen MR) is 94.1 cm³/mol. The van der Waals surface area contributed by atoms with E-state index in [-0.39, 0.29) is 18.0 Å². The third-order valence-corrected chi connectivity index (χ3v) is 5.22. The fourth-order valence-corrected chi connectivity index (χ4v) is 3.72. The molecule has 1 N–H and O–H groups in total. The molecule has 3 heterocycles. The number of nitrogens with one attached hydrogen (secondary N) is 1. The molecule has 0 radical (unpaired) electrons. The highest BCUT2D eigenvalue weighted by Crippen LogP contribution is 2.21. The molecular weight excluding hydrogens is 320 g/mol. The lowest BCUT2D eigenvalue weighted by atomic mass is 10.0. The molecule has 0 unspecified atom stereocenters. The Morgan fingerprint density at radius 3 is 2.68 bits per heavy atom. The van der Waals surface area contributed by atoms with Crippen LogP contribution in [0.1, 0.15) is 38.5 Å². The summed E-state index contributed by atoms with van der Waals surface area (Å²) in [4.78, 5) is 30.6. The molecule has 1 aromatic rings. The molecule has 7 heteroatoms. The van der Waals surface area contributed by atoms with Crippen molar-refractivity contribution in [1.82, 2.24) is 20.0 Å². The monoisotopic (exact) mass is 348 g/mol. The molecular formula is C18H28N4O3. The number of amides is 3. The summed E-state index contributed by atoms with van der Waals surface area (Å²) in [5.41, 5.74) is 0. The Bertz CT molecular complexity index is 581. The second-order valence-electron chi connectivity index (χ2n) is 6.87. The fourth-order valence-electron chi connectivity index (χ4n) is 3.72. The lowest BCUT2D eigenvalue weighted by Crippen LogP contribution is -2.48. The number of furan rings is 1. The van der Waals surface area contributed by atoms with Gasteiger partial charge < -0.3 is 19.5 Å². The Balaban J connectivity index is 1.42. The number of nitrogens with zero attached hydrogens (tertiary/aromatic N) is 3. The highest BCUT2D eigenvalue weighted by molar-refractivity contribution is 5.78. The number of rotatable bonds is 6. The van der Waals surface area contributed by atoms with Crippen molar-refractivity contribution in [3.05, 3.63) is 24.2 Å². The van der Waals surface area contributed by atoms with Gasteiger partial charge in [-0.3, -0.25) is 9.69 Å². The van der Waals surface area contributed by atoms with Crippen LogP contribution in [-0.2, 0) is 4.79 Å². The predicted octanol–water partition coefficient (Wildman–Crippen LogP) is 1.68. The molecule has 2 fully saturated rings. The summed E-state index contributed by atoms with van der Waals surface area (Å²) in [6.45, 7) is 8.48. The topological polar surface area (TPSA) is 69.0 Å². The number of hydrogen-bond donors (Lipinski definition) is 1. The van der Waals surface area contributed by atoms with E-state index >= 15 is 0 Å². The van der Waals surface area contributed by atoms with Crippen LogP contribution in [0.4, 0.5) is 4.79 Å². The quantitative estimate of drug-likeness (QED) is 0.849. The van der Waals surface area contributed by atoms with Crippen molar-refractivity contribution in [1.29, 1.82) is 0 Å². The SMILES string of the molecule is CCN1CCN(C2CCN(CC(=O)N[C@@H](C)c3ccco3)CC2)C1=O. The minimum absolute atomic E-state index is 0.0109. The first-order valence-electron chi connectivity index (χ1n) is 9.19. The van der Waals surface area contributed by atoms with E-state index in [1.165, 1.54) is 0 Å². The van der Waals surface area contributed by atoms with E-state index in [1.807, 2.05) is 35.8 Å². The van der Waals surface area contributed by atoms with Crippen LogP contribution in [0.3, 0.4) is 0 Å². The first-order valence-corrected chi connectivity index (χ1v) is 9.19. The first-order chi connectivity index (χ1) is 12.1. The van der Waals surface area contributed by atoms with Crippen LogP contribution in [0.5, 0.6) is 0 Å². The van der Waals surface area contributed by atoms with Gasteiger partial charge in [0.2, 0.25) is 5.91 Å². The molecule has 3 rings (SSSR count). The minimum Gasteiger partial charge on any atom is -0.467 e. The zero-order chi connectivity index (χ0) is 17.8. The second-order valence-corrected chi connectivity index (χ2v) is 6.87. The number of urea groups is 1. The van der Waals surface area contributed by atoms with Crippen molar-refractivity contribution in [2.45, 2.75) is 38.8 Å².